The number of anilines is 2. The molecule has 0 amide bonds. The molecule has 1 fully saturated rings. The van der Waals surface area contributed by atoms with Gasteiger partial charge in [-0.1, -0.05) is 6.07 Å². The second kappa shape index (κ2) is 10.0. The first-order valence-corrected chi connectivity index (χ1v) is 11.3. The minimum atomic E-state index is -4.55. The van der Waals surface area contributed by atoms with Gasteiger partial charge in [0.25, 0.3) is 0 Å². The number of carbonyl (C=O) groups is 1. The van der Waals surface area contributed by atoms with Crippen LogP contribution < -0.4 is 5.32 Å². The van der Waals surface area contributed by atoms with Crippen molar-refractivity contribution in [3.63, 3.8) is 0 Å². The van der Waals surface area contributed by atoms with Gasteiger partial charge in [0, 0.05) is 31.2 Å². The van der Waals surface area contributed by atoms with Crippen LogP contribution in [0, 0.1) is 6.92 Å². The molecule has 0 bridgehead atoms. The van der Waals surface area contributed by atoms with Gasteiger partial charge in [-0.05, 0) is 36.2 Å². The van der Waals surface area contributed by atoms with Gasteiger partial charge >= 0.3 is 12.1 Å². The van der Waals surface area contributed by atoms with Crippen molar-refractivity contribution in [2.75, 3.05) is 25.0 Å². The summed E-state index contributed by atoms with van der Waals surface area (Å²) >= 11 is 1.51. The highest BCUT2D eigenvalue weighted by Crippen LogP contribution is 2.32. The highest BCUT2D eigenvalue weighted by atomic mass is 32.1. The molecule has 3 aromatic rings. The lowest BCUT2D eigenvalue weighted by Crippen LogP contribution is -2.42. The van der Waals surface area contributed by atoms with Crippen LogP contribution >= 0.6 is 11.3 Å². The van der Waals surface area contributed by atoms with Gasteiger partial charge in [0.15, 0.2) is 0 Å². The molecule has 2 aromatic heterocycles. The molecule has 0 saturated carbocycles. The van der Waals surface area contributed by atoms with Crippen molar-refractivity contribution in [2.24, 2.45) is 0 Å². The fourth-order valence-corrected chi connectivity index (χ4v) is 4.60. The smallest absolute Gasteiger partial charge is 0.433 e. The maximum atomic E-state index is 12.9. The molecular weight excluding hydrogens is 471 g/mol. The summed E-state index contributed by atoms with van der Waals surface area (Å²) in [5.74, 6) is -1.03. The van der Waals surface area contributed by atoms with E-state index in [4.69, 9.17) is 9.84 Å². The average molecular weight is 494 g/mol. The number of morpholine rings is 1. The monoisotopic (exact) mass is 493 g/mol. The molecule has 1 saturated heterocycles. The largest absolute Gasteiger partial charge is 0.481 e. The highest BCUT2D eigenvalue weighted by Gasteiger charge is 2.32. The number of aromatic nitrogens is 3. The van der Waals surface area contributed by atoms with E-state index in [0.717, 1.165) is 33.3 Å². The molecule has 1 aliphatic rings. The summed E-state index contributed by atoms with van der Waals surface area (Å²) in [6.07, 6.45) is -2.10. The van der Waals surface area contributed by atoms with Gasteiger partial charge in [0.2, 0.25) is 5.95 Å². The maximum absolute atomic E-state index is 12.9. The van der Waals surface area contributed by atoms with Crippen LogP contribution in [-0.4, -0.2) is 56.7 Å². The molecule has 8 nitrogen and oxygen atoms in total. The quantitative estimate of drug-likeness (QED) is 0.501. The lowest BCUT2D eigenvalue weighted by atomic mass is 10.1. The molecular formula is C22H22F3N5O3S. The van der Waals surface area contributed by atoms with Crippen LogP contribution in [0.4, 0.5) is 24.8 Å². The molecule has 3 heterocycles. The van der Waals surface area contributed by atoms with Gasteiger partial charge < -0.3 is 15.2 Å². The van der Waals surface area contributed by atoms with Crippen LogP contribution in [0.2, 0.25) is 0 Å². The van der Waals surface area contributed by atoms with Crippen LogP contribution in [0.3, 0.4) is 0 Å². The minimum absolute atomic E-state index is 0.0335. The maximum Gasteiger partial charge on any atom is 0.433 e. The predicted molar refractivity (Wildman–Crippen MR) is 120 cm³/mol. The number of nitrogens with zero attached hydrogens (tertiary/aromatic N) is 4. The number of halogens is 3. The van der Waals surface area contributed by atoms with E-state index in [0.29, 0.717) is 31.9 Å². The first-order valence-electron chi connectivity index (χ1n) is 10.5. The van der Waals surface area contributed by atoms with Gasteiger partial charge in [-0.3, -0.25) is 9.69 Å². The van der Waals surface area contributed by atoms with E-state index in [1.165, 1.54) is 11.3 Å². The Hall–Kier alpha value is -3.09. The number of carboxylic acid groups (broad SMARTS) is 1. The van der Waals surface area contributed by atoms with Crippen LogP contribution in [0.1, 0.15) is 22.7 Å². The number of thiazole rings is 1. The number of nitrogens with one attached hydrogen (secondary N) is 1. The standard InChI is InChI=1S/C22H22F3N5O3S/c1-13-6-14(8-15(7-13)28-21-26-3-2-18(29-21)22(23,24)25)17-10-27-19(34-17)12-30-4-5-33-16(11-30)9-20(31)32/h2-3,6-8,10,16H,4-5,9,11-12H2,1H3,(H,31,32)(H,26,28,29). The van der Waals surface area contributed by atoms with Crippen molar-refractivity contribution in [1.29, 1.82) is 0 Å². The van der Waals surface area contributed by atoms with Gasteiger partial charge in [-0.2, -0.15) is 13.2 Å². The minimum Gasteiger partial charge on any atom is -0.481 e. The van der Waals surface area contributed by atoms with Crippen molar-refractivity contribution in [1.82, 2.24) is 19.9 Å². The molecule has 1 aromatic carbocycles. The molecule has 12 heteroatoms. The van der Waals surface area contributed by atoms with Crippen molar-refractivity contribution in [2.45, 2.75) is 32.2 Å². The number of alkyl halides is 3. The van der Waals surface area contributed by atoms with Crippen LogP contribution in [0.15, 0.2) is 36.7 Å². The number of hydrogen-bond donors (Lipinski definition) is 2. The third kappa shape index (κ3) is 6.27. The lowest BCUT2D eigenvalue weighted by Gasteiger charge is -2.31. The number of rotatable bonds is 7. The van der Waals surface area contributed by atoms with E-state index in [-0.39, 0.29) is 18.5 Å². The zero-order valence-corrected chi connectivity index (χ0v) is 19.0. The molecule has 0 spiro atoms. The fraction of sp³-hybridized carbons (Fsp3) is 0.364. The molecule has 34 heavy (non-hydrogen) atoms. The Morgan fingerprint density at radius 2 is 2.15 bits per heavy atom. The van der Waals surface area contributed by atoms with Crippen LogP contribution in [-0.2, 0) is 22.3 Å². The topological polar surface area (TPSA) is 100 Å². The number of carboxylic acids is 1. The molecule has 2 N–H and O–H groups in total. The van der Waals surface area contributed by atoms with E-state index >= 15 is 0 Å². The number of benzene rings is 1. The van der Waals surface area contributed by atoms with Crippen molar-refractivity contribution < 1.29 is 27.8 Å². The van der Waals surface area contributed by atoms with Gasteiger partial charge in [-0.25, -0.2) is 15.0 Å². The van der Waals surface area contributed by atoms with Crippen LogP contribution in [0.25, 0.3) is 10.4 Å². The molecule has 1 atom stereocenters. The summed E-state index contributed by atoms with van der Waals surface area (Å²) in [4.78, 5) is 25.9. The SMILES string of the molecule is Cc1cc(Nc2nccc(C(F)(F)F)n2)cc(-c2cnc(CN3CCOC(CC(=O)O)C3)s2)c1. The molecule has 0 aliphatic carbocycles. The van der Waals surface area contributed by atoms with E-state index in [1.807, 2.05) is 19.1 Å². The summed E-state index contributed by atoms with van der Waals surface area (Å²) < 4.78 is 44.3. The Morgan fingerprint density at radius 3 is 2.91 bits per heavy atom. The highest BCUT2D eigenvalue weighted by molar-refractivity contribution is 7.15. The van der Waals surface area contributed by atoms with E-state index < -0.39 is 17.8 Å². The van der Waals surface area contributed by atoms with Gasteiger partial charge in [-0.15, -0.1) is 11.3 Å². The number of ether oxygens (including phenoxy) is 1. The number of aliphatic carboxylic acids is 1. The molecule has 1 aliphatic heterocycles. The zero-order chi connectivity index (χ0) is 24.3. The Bertz CT molecular complexity index is 1170. The van der Waals surface area contributed by atoms with E-state index in [1.54, 1.807) is 12.3 Å². The summed E-state index contributed by atoms with van der Waals surface area (Å²) in [5, 5.41) is 12.7. The van der Waals surface area contributed by atoms with Gasteiger partial charge in [0.1, 0.15) is 10.7 Å². The van der Waals surface area contributed by atoms with Crippen molar-refractivity contribution in [3.8, 4) is 10.4 Å². The normalized spacial score (nSPS) is 17.0. The molecule has 4 rings (SSSR count). The fourth-order valence-electron chi connectivity index (χ4n) is 3.65. The van der Waals surface area contributed by atoms with Crippen molar-refractivity contribution in [3.05, 3.63) is 52.9 Å². The second-order valence-corrected chi connectivity index (χ2v) is 9.04. The first kappa shape index (κ1) is 24.0. The second-order valence-electron chi connectivity index (χ2n) is 7.92. The van der Waals surface area contributed by atoms with E-state index in [9.17, 15) is 18.0 Å². The van der Waals surface area contributed by atoms with Gasteiger partial charge in [0.05, 0.1) is 30.6 Å². The number of aryl methyl sites for hydroxylation is 1. The van der Waals surface area contributed by atoms with Crippen molar-refractivity contribution >= 4 is 28.9 Å². The lowest BCUT2D eigenvalue weighted by molar-refractivity contribution is -0.142. The zero-order valence-electron chi connectivity index (χ0n) is 18.2. The summed E-state index contributed by atoms with van der Waals surface area (Å²) in [7, 11) is 0. The van der Waals surface area contributed by atoms with E-state index in [2.05, 4.69) is 25.2 Å². The first-order chi connectivity index (χ1) is 16.2. The third-order valence-corrected chi connectivity index (χ3v) is 6.13. The third-order valence-electron chi connectivity index (χ3n) is 5.10. The molecule has 1 unspecified atom stereocenters. The Kier molecular flexibility index (Phi) is 7.10. The Balaban J connectivity index is 1.47. The molecule has 180 valence electrons. The summed E-state index contributed by atoms with van der Waals surface area (Å²) in [5.41, 5.74) is 1.32. The predicted octanol–water partition coefficient (Wildman–Crippen LogP) is 4.35. The summed E-state index contributed by atoms with van der Waals surface area (Å²) in [6.45, 7) is 4.16. The summed E-state index contributed by atoms with van der Waals surface area (Å²) in [6, 6.07) is 6.40. The Labute approximate surface area is 197 Å². The molecule has 0 radical (unpaired) electrons. The number of hydrogen-bond acceptors (Lipinski definition) is 8. The average Bonchev–Trinajstić information content (AvgIpc) is 3.21. The van der Waals surface area contributed by atoms with Crippen LogP contribution in [0.5, 0.6) is 0 Å². The Morgan fingerprint density at radius 1 is 1.32 bits per heavy atom.